The summed E-state index contributed by atoms with van der Waals surface area (Å²) < 4.78 is 20.4. The summed E-state index contributed by atoms with van der Waals surface area (Å²) in [5.41, 5.74) is 0. The first kappa shape index (κ1) is 17.4. The molecule has 0 spiro atoms. The zero-order valence-corrected chi connectivity index (χ0v) is 14.6. The fourth-order valence-electron chi connectivity index (χ4n) is 3.12. The van der Waals surface area contributed by atoms with Crippen LogP contribution in [0.2, 0.25) is 0 Å². The average molecular weight is 346 g/mol. The predicted octanol–water partition coefficient (Wildman–Crippen LogP) is 2.78. The van der Waals surface area contributed by atoms with Crippen LogP contribution in [0.1, 0.15) is 44.5 Å². The summed E-state index contributed by atoms with van der Waals surface area (Å²) in [5.74, 6) is 1.22. The van der Waals surface area contributed by atoms with Crippen LogP contribution in [0.4, 0.5) is 4.39 Å². The molecule has 1 saturated heterocycles. The predicted molar refractivity (Wildman–Crippen MR) is 90.9 cm³/mol. The molecule has 1 aliphatic heterocycles. The van der Waals surface area contributed by atoms with E-state index in [-0.39, 0.29) is 30.3 Å². The molecule has 1 aromatic carbocycles. The Bertz CT molecular complexity index is 714. The van der Waals surface area contributed by atoms with Crippen molar-refractivity contribution < 1.29 is 13.9 Å². The van der Waals surface area contributed by atoms with Crippen molar-refractivity contribution in [3.63, 3.8) is 0 Å². The highest BCUT2D eigenvalue weighted by Crippen LogP contribution is 2.27. The van der Waals surface area contributed by atoms with Gasteiger partial charge < -0.3 is 14.2 Å². The van der Waals surface area contributed by atoms with Crippen LogP contribution in [0, 0.1) is 5.82 Å². The van der Waals surface area contributed by atoms with E-state index < -0.39 is 0 Å². The topological polar surface area (TPSA) is 60.2 Å². The highest BCUT2D eigenvalue weighted by Gasteiger charge is 2.28. The molecule has 1 amide bonds. The van der Waals surface area contributed by atoms with Crippen LogP contribution >= 0.6 is 0 Å². The molecule has 6 nitrogen and oxygen atoms in total. The minimum atomic E-state index is -0.327. The molecule has 7 heteroatoms. The normalized spacial score (nSPS) is 17.8. The number of piperidine rings is 1. The van der Waals surface area contributed by atoms with Crippen molar-refractivity contribution in [2.24, 2.45) is 0 Å². The molecule has 1 aromatic heterocycles. The van der Waals surface area contributed by atoms with E-state index in [1.165, 1.54) is 24.3 Å². The number of ether oxygens (including phenoxy) is 1. The van der Waals surface area contributed by atoms with Crippen molar-refractivity contribution in [1.29, 1.82) is 0 Å². The quantitative estimate of drug-likeness (QED) is 0.835. The van der Waals surface area contributed by atoms with Crippen LogP contribution in [0.5, 0.6) is 5.75 Å². The van der Waals surface area contributed by atoms with Gasteiger partial charge in [0.15, 0.2) is 6.61 Å². The molecule has 0 radical (unpaired) electrons. The molecule has 2 aromatic rings. The molecule has 0 unspecified atom stereocenters. The monoisotopic (exact) mass is 346 g/mol. The third kappa shape index (κ3) is 4.15. The molecule has 1 atom stereocenters. The van der Waals surface area contributed by atoms with Gasteiger partial charge in [-0.15, -0.1) is 10.2 Å². The summed E-state index contributed by atoms with van der Waals surface area (Å²) in [4.78, 5) is 14.3. The fraction of sp³-hybridized carbons (Fsp3) is 0.500. The van der Waals surface area contributed by atoms with Gasteiger partial charge in [-0.3, -0.25) is 4.79 Å². The Morgan fingerprint density at radius 2 is 2.12 bits per heavy atom. The number of benzene rings is 1. The van der Waals surface area contributed by atoms with Gasteiger partial charge in [0.05, 0.1) is 0 Å². The number of carbonyl (C=O) groups excluding carboxylic acids is 1. The first-order valence-corrected chi connectivity index (χ1v) is 8.60. The lowest BCUT2D eigenvalue weighted by Crippen LogP contribution is -2.42. The third-order valence-electron chi connectivity index (χ3n) is 4.47. The number of hydrogen-bond acceptors (Lipinski definition) is 4. The number of nitrogens with zero attached hydrogens (tertiary/aromatic N) is 4. The Morgan fingerprint density at radius 3 is 2.84 bits per heavy atom. The van der Waals surface area contributed by atoms with Crippen LogP contribution in [0.25, 0.3) is 0 Å². The van der Waals surface area contributed by atoms with Gasteiger partial charge >= 0.3 is 0 Å². The average Bonchev–Trinajstić information content (AvgIpc) is 3.11. The van der Waals surface area contributed by atoms with E-state index in [9.17, 15) is 9.18 Å². The first-order chi connectivity index (χ1) is 12.0. The van der Waals surface area contributed by atoms with Gasteiger partial charge in [0.25, 0.3) is 5.91 Å². The lowest BCUT2D eigenvalue weighted by molar-refractivity contribution is -0.134. The molecule has 3 rings (SSSR count). The van der Waals surface area contributed by atoms with Crippen LogP contribution in [-0.4, -0.2) is 45.3 Å². The van der Waals surface area contributed by atoms with E-state index in [1.54, 1.807) is 6.33 Å². The zero-order valence-electron chi connectivity index (χ0n) is 14.6. The Balaban J connectivity index is 1.59. The van der Waals surface area contributed by atoms with Crippen LogP contribution < -0.4 is 4.74 Å². The number of hydrogen-bond donors (Lipinski definition) is 0. The minimum Gasteiger partial charge on any atom is -0.484 e. The van der Waals surface area contributed by atoms with E-state index in [4.69, 9.17) is 4.74 Å². The Hall–Kier alpha value is -2.44. The maximum absolute atomic E-state index is 12.9. The second-order valence-electron chi connectivity index (χ2n) is 6.61. The summed E-state index contributed by atoms with van der Waals surface area (Å²) in [6.07, 6.45) is 3.67. The van der Waals surface area contributed by atoms with E-state index >= 15 is 0 Å². The SMILES string of the molecule is CC(C)n1cnnc1[C@@H]1CCCN(C(=O)COc2ccc(F)cc2)C1. The smallest absolute Gasteiger partial charge is 0.260 e. The Labute approximate surface area is 146 Å². The summed E-state index contributed by atoms with van der Waals surface area (Å²) in [6.45, 7) is 5.48. The first-order valence-electron chi connectivity index (χ1n) is 8.60. The van der Waals surface area contributed by atoms with Gasteiger partial charge in [-0.1, -0.05) is 0 Å². The van der Waals surface area contributed by atoms with Gasteiger partial charge in [-0.2, -0.15) is 0 Å². The van der Waals surface area contributed by atoms with Gasteiger partial charge in [0, 0.05) is 25.0 Å². The van der Waals surface area contributed by atoms with Crippen molar-refractivity contribution in [1.82, 2.24) is 19.7 Å². The maximum atomic E-state index is 12.9. The summed E-state index contributed by atoms with van der Waals surface area (Å²) in [5, 5.41) is 8.29. The van der Waals surface area contributed by atoms with Gasteiger partial charge in [-0.05, 0) is 51.0 Å². The molecule has 2 heterocycles. The number of halogens is 1. The van der Waals surface area contributed by atoms with Gasteiger partial charge in [-0.25, -0.2) is 4.39 Å². The van der Waals surface area contributed by atoms with Gasteiger partial charge in [0.2, 0.25) is 0 Å². The van der Waals surface area contributed by atoms with E-state index in [0.717, 1.165) is 25.2 Å². The molecule has 1 aliphatic rings. The minimum absolute atomic E-state index is 0.0464. The lowest BCUT2D eigenvalue weighted by atomic mass is 9.97. The van der Waals surface area contributed by atoms with E-state index in [2.05, 4.69) is 28.6 Å². The molecule has 0 N–H and O–H groups in total. The maximum Gasteiger partial charge on any atom is 0.260 e. The van der Waals surface area contributed by atoms with Crippen molar-refractivity contribution in [2.45, 2.75) is 38.6 Å². The number of aromatic nitrogens is 3. The Kier molecular flexibility index (Phi) is 5.31. The fourth-order valence-corrected chi connectivity index (χ4v) is 3.12. The van der Waals surface area contributed by atoms with Crippen molar-refractivity contribution in [3.8, 4) is 5.75 Å². The second-order valence-corrected chi connectivity index (χ2v) is 6.61. The summed E-state index contributed by atoms with van der Waals surface area (Å²) in [6, 6.07) is 5.96. The van der Waals surface area contributed by atoms with Crippen LogP contribution in [0.3, 0.4) is 0 Å². The zero-order chi connectivity index (χ0) is 17.8. The molecular weight excluding hydrogens is 323 g/mol. The second kappa shape index (κ2) is 7.63. The third-order valence-corrected chi connectivity index (χ3v) is 4.47. The molecule has 134 valence electrons. The number of amides is 1. The lowest BCUT2D eigenvalue weighted by Gasteiger charge is -2.32. The molecule has 25 heavy (non-hydrogen) atoms. The van der Waals surface area contributed by atoms with E-state index in [1.807, 2.05) is 4.90 Å². The molecular formula is C18H23FN4O2. The van der Waals surface area contributed by atoms with Crippen LogP contribution in [0.15, 0.2) is 30.6 Å². The molecule has 0 saturated carbocycles. The standard InChI is InChI=1S/C18H23FN4O2/c1-13(2)23-12-20-21-18(23)14-4-3-9-22(10-14)17(24)11-25-16-7-5-15(19)6-8-16/h5-8,12-14H,3-4,9-11H2,1-2H3/t14-/m1/s1. The van der Waals surface area contributed by atoms with Crippen molar-refractivity contribution in [3.05, 3.63) is 42.2 Å². The summed E-state index contributed by atoms with van der Waals surface area (Å²) in [7, 11) is 0. The van der Waals surface area contributed by atoms with E-state index in [0.29, 0.717) is 12.3 Å². The van der Waals surface area contributed by atoms with Crippen molar-refractivity contribution >= 4 is 5.91 Å². The summed E-state index contributed by atoms with van der Waals surface area (Å²) >= 11 is 0. The Morgan fingerprint density at radius 1 is 1.36 bits per heavy atom. The van der Waals surface area contributed by atoms with Crippen LogP contribution in [-0.2, 0) is 4.79 Å². The molecule has 1 fully saturated rings. The number of rotatable bonds is 5. The largest absolute Gasteiger partial charge is 0.484 e. The number of likely N-dealkylation sites (tertiary alicyclic amines) is 1. The number of carbonyl (C=O) groups is 1. The highest BCUT2D eigenvalue weighted by atomic mass is 19.1. The highest BCUT2D eigenvalue weighted by molar-refractivity contribution is 5.78. The van der Waals surface area contributed by atoms with Crippen molar-refractivity contribution in [2.75, 3.05) is 19.7 Å². The van der Waals surface area contributed by atoms with Gasteiger partial charge in [0.1, 0.15) is 23.7 Å². The molecule has 0 bridgehead atoms. The molecule has 0 aliphatic carbocycles.